The van der Waals surface area contributed by atoms with Gasteiger partial charge < -0.3 is 15.7 Å². The maximum Gasteiger partial charge on any atom is 0.0612 e. The lowest BCUT2D eigenvalue weighted by molar-refractivity contribution is 0.283. The third kappa shape index (κ3) is 3.91. The van der Waals surface area contributed by atoms with Crippen molar-refractivity contribution >= 4 is 23.0 Å². The Balaban J connectivity index is 2.51. The fourth-order valence-electron chi connectivity index (χ4n) is 1.61. The maximum atomic E-state index is 8.68. The predicted molar refractivity (Wildman–Crippen MR) is 70.1 cm³/mol. The first kappa shape index (κ1) is 13.1. The summed E-state index contributed by atoms with van der Waals surface area (Å²) >= 11 is 5.93. The van der Waals surface area contributed by atoms with E-state index in [-0.39, 0.29) is 6.61 Å². The summed E-state index contributed by atoms with van der Waals surface area (Å²) in [6.07, 6.45) is 2.93. The van der Waals surface area contributed by atoms with Crippen LogP contribution in [0, 0.1) is 0 Å². The minimum absolute atomic E-state index is 0.267. The van der Waals surface area contributed by atoms with Crippen molar-refractivity contribution < 1.29 is 5.11 Å². The van der Waals surface area contributed by atoms with Gasteiger partial charge >= 0.3 is 0 Å². The summed E-state index contributed by atoms with van der Waals surface area (Å²) in [5, 5.41) is 9.38. The molecule has 0 saturated carbocycles. The van der Waals surface area contributed by atoms with Crippen LogP contribution in [0.15, 0.2) is 18.2 Å². The second kappa shape index (κ2) is 6.61. The van der Waals surface area contributed by atoms with E-state index in [1.54, 1.807) is 6.07 Å². The summed E-state index contributed by atoms with van der Waals surface area (Å²) in [7, 11) is 2.00. The highest BCUT2D eigenvalue weighted by atomic mass is 35.5. The van der Waals surface area contributed by atoms with E-state index in [9.17, 15) is 0 Å². The number of unbranched alkanes of at least 4 members (excludes halogenated alkanes) is 2. The second-order valence-corrected chi connectivity index (χ2v) is 4.35. The molecule has 0 heterocycles. The van der Waals surface area contributed by atoms with Crippen molar-refractivity contribution in [1.29, 1.82) is 0 Å². The summed E-state index contributed by atoms with van der Waals surface area (Å²) in [6, 6.07) is 5.49. The van der Waals surface area contributed by atoms with Gasteiger partial charge in [0.1, 0.15) is 0 Å². The van der Waals surface area contributed by atoms with E-state index in [1.807, 2.05) is 19.2 Å². The zero-order valence-electron chi connectivity index (χ0n) is 9.62. The van der Waals surface area contributed by atoms with Gasteiger partial charge in [0.05, 0.1) is 11.4 Å². The van der Waals surface area contributed by atoms with E-state index < -0.39 is 0 Å². The average Bonchev–Trinajstić information content (AvgIpc) is 2.27. The number of benzene rings is 1. The molecule has 0 radical (unpaired) electrons. The van der Waals surface area contributed by atoms with Crippen molar-refractivity contribution in [2.75, 3.05) is 30.8 Å². The molecule has 0 spiro atoms. The van der Waals surface area contributed by atoms with E-state index in [0.717, 1.165) is 37.2 Å². The van der Waals surface area contributed by atoms with Gasteiger partial charge in [-0.2, -0.15) is 0 Å². The Labute approximate surface area is 102 Å². The van der Waals surface area contributed by atoms with Crippen LogP contribution in [0.4, 0.5) is 11.4 Å². The number of nitrogens with two attached hydrogens (primary N) is 1. The van der Waals surface area contributed by atoms with Crippen molar-refractivity contribution in [3.8, 4) is 0 Å². The summed E-state index contributed by atoms with van der Waals surface area (Å²) in [4.78, 5) is 2.10. The van der Waals surface area contributed by atoms with Gasteiger partial charge in [0.25, 0.3) is 0 Å². The average molecular weight is 243 g/mol. The van der Waals surface area contributed by atoms with Crippen LogP contribution in [0.5, 0.6) is 0 Å². The molecule has 0 aromatic heterocycles. The van der Waals surface area contributed by atoms with Crippen molar-refractivity contribution in [1.82, 2.24) is 0 Å². The van der Waals surface area contributed by atoms with E-state index in [0.29, 0.717) is 5.02 Å². The second-order valence-electron chi connectivity index (χ2n) is 3.91. The third-order valence-corrected chi connectivity index (χ3v) is 2.79. The van der Waals surface area contributed by atoms with Crippen LogP contribution in [0.2, 0.25) is 5.02 Å². The number of rotatable bonds is 6. The molecule has 0 unspecified atom stereocenters. The van der Waals surface area contributed by atoms with Crippen LogP contribution < -0.4 is 10.6 Å². The monoisotopic (exact) mass is 242 g/mol. The Morgan fingerprint density at radius 2 is 2.06 bits per heavy atom. The Hall–Kier alpha value is -0.930. The molecule has 16 heavy (non-hydrogen) atoms. The molecule has 0 fully saturated rings. The summed E-state index contributed by atoms with van der Waals surface area (Å²) in [5.41, 5.74) is 7.59. The Morgan fingerprint density at radius 1 is 1.31 bits per heavy atom. The molecule has 90 valence electrons. The first-order valence-corrected chi connectivity index (χ1v) is 5.90. The molecular formula is C12H19ClN2O. The minimum Gasteiger partial charge on any atom is -0.397 e. The summed E-state index contributed by atoms with van der Waals surface area (Å²) in [5.74, 6) is 0. The van der Waals surface area contributed by atoms with E-state index in [1.165, 1.54) is 0 Å². The topological polar surface area (TPSA) is 49.5 Å². The number of aliphatic hydroxyl groups excluding tert-OH is 1. The lowest BCUT2D eigenvalue weighted by atomic mass is 10.2. The lowest BCUT2D eigenvalue weighted by Gasteiger charge is -2.21. The van der Waals surface area contributed by atoms with Crippen LogP contribution in [0.25, 0.3) is 0 Å². The molecule has 3 nitrogen and oxygen atoms in total. The number of hydrogen-bond acceptors (Lipinski definition) is 3. The number of aliphatic hydroxyl groups is 1. The highest BCUT2D eigenvalue weighted by molar-refractivity contribution is 6.31. The molecule has 0 amide bonds. The van der Waals surface area contributed by atoms with Crippen LogP contribution in [-0.4, -0.2) is 25.3 Å². The van der Waals surface area contributed by atoms with Crippen molar-refractivity contribution in [3.05, 3.63) is 23.2 Å². The van der Waals surface area contributed by atoms with E-state index in [4.69, 9.17) is 22.4 Å². The van der Waals surface area contributed by atoms with Gasteiger partial charge in [-0.1, -0.05) is 11.6 Å². The van der Waals surface area contributed by atoms with Gasteiger partial charge in [-0.15, -0.1) is 0 Å². The summed E-state index contributed by atoms with van der Waals surface area (Å²) < 4.78 is 0. The molecule has 0 bridgehead atoms. The number of nitrogens with zero attached hydrogens (tertiary/aromatic N) is 1. The van der Waals surface area contributed by atoms with Gasteiger partial charge in [0.15, 0.2) is 0 Å². The van der Waals surface area contributed by atoms with Crippen molar-refractivity contribution in [3.63, 3.8) is 0 Å². The largest absolute Gasteiger partial charge is 0.397 e. The fraction of sp³-hybridized carbons (Fsp3) is 0.500. The van der Waals surface area contributed by atoms with Crippen LogP contribution in [-0.2, 0) is 0 Å². The Bertz CT molecular complexity index is 331. The third-order valence-electron chi connectivity index (χ3n) is 2.56. The van der Waals surface area contributed by atoms with Crippen molar-refractivity contribution in [2.45, 2.75) is 19.3 Å². The minimum atomic E-state index is 0.267. The molecule has 4 heteroatoms. The number of halogens is 1. The van der Waals surface area contributed by atoms with E-state index in [2.05, 4.69) is 4.90 Å². The molecule has 3 N–H and O–H groups in total. The first-order valence-electron chi connectivity index (χ1n) is 5.52. The molecule has 1 rings (SSSR count). The molecule has 1 aromatic carbocycles. The SMILES string of the molecule is CN(CCCCCO)c1cc(Cl)ccc1N. The van der Waals surface area contributed by atoms with Gasteiger partial charge in [0.2, 0.25) is 0 Å². The van der Waals surface area contributed by atoms with Crippen LogP contribution in [0.1, 0.15) is 19.3 Å². The van der Waals surface area contributed by atoms with Crippen LogP contribution in [0.3, 0.4) is 0 Å². The van der Waals surface area contributed by atoms with Gasteiger partial charge in [-0.3, -0.25) is 0 Å². The smallest absolute Gasteiger partial charge is 0.0612 e. The van der Waals surface area contributed by atoms with E-state index >= 15 is 0 Å². The molecular weight excluding hydrogens is 224 g/mol. The highest BCUT2D eigenvalue weighted by Gasteiger charge is 2.05. The Kier molecular flexibility index (Phi) is 5.43. The molecule has 0 aliphatic rings. The standard InChI is InChI=1S/C12H19ClN2O/c1-15(7-3-2-4-8-16)12-9-10(13)5-6-11(12)14/h5-6,9,16H,2-4,7-8,14H2,1H3. The number of anilines is 2. The van der Waals surface area contributed by atoms with Crippen molar-refractivity contribution in [2.24, 2.45) is 0 Å². The lowest BCUT2D eigenvalue weighted by Crippen LogP contribution is -2.19. The first-order chi connectivity index (χ1) is 7.65. The summed E-state index contributed by atoms with van der Waals surface area (Å²) in [6.45, 7) is 1.19. The van der Waals surface area contributed by atoms with Gasteiger partial charge in [-0.05, 0) is 37.5 Å². The van der Waals surface area contributed by atoms with Gasteiger partial charge in [-0.25, -0.2) is 0 Å². The highest BCUT2D eigenvalue weighted by Crippen LogP contribution is 2.26. The Morgan fingerprint density at radius 3 is 2.75 bits per heavy atom. The number of nitrogen functional groups attached to an aromatic ring is 1. The predicted octanol–water partition coefficient (Wildman–Crippen LogP) is 2.52. The quantitative estimate of drug-likeness (QED) is 0.595. The normalized spacial score (nSPS) is 10.4. The maximum absolute atomic E-state index is 8.68. The molecule has 0 aliphatic carbocycles. The molecule has 0 aliphatic heterocycles. The van der Waals surface area contributed by atoms with Crippen LogP contribution >= 0.6 is 11.6 Å². The fourth-order valence-corrected chi connectivity index (χ4v) is 1.77. The number of hydrogen-bond donors (Lipinski definition) is 2. The molecule has 1 aromatic rings. The molecule has 0 atom stereocenters. The zero-order valence-corrected chi connectivity index (χ0v) is 10.4. The molecule has 0 saturated heterocycles. The zero-order chi connectivity index (χ0) is 12.0. The van der Waals surface area contributed by atoms with Gasteiger partial charge in [0, 0.05) is 25.2 Å².